The van der Waals surface area contributed by atoms with Gasteiger partial charge >= 0.3 is 0 Å². The van der Waals surface area contributed by atoms with Gasteiger partial charge in [-0.05, 0) is 30.7 Å². The van der Waals surface area contributed by atoms with E-state index in [0.717, 1.165) is 27.7 Å². The predicted octanol–water partition coefficient (Wildman–Crippen LogP) is 3.19. The smallest absolute Gasteiger partial charge is 0.0748 e. The second kappa shape index (κ2) is 4.11. The summed E-state index contributed by atoms with van der Waals surface area (Å²) in [6.07, 6.45) is 3.53. The summed E-state index contributed by atoms with van der Waals surface area (Å²) in [4.78, 5) is 8.84. The lowest BCUT2D eigenvalue weighted by atomic mass is 10.1. The minimum atomic E-state index is 0.685. The molecule has 0 amide bonds. The first-order valence-electron chi connectivity index (χ1n) is 5.81. The Morgan fingerprint density at radius 2 is 1.83 bits per heavy atom. The van der Waals surface area contributed by atoms with E-state index in [1.54, 1.807) is 6.20 Å². The Balaban J connectivity index is 2.19. The third kappa shape index (κ3) is 1.80. The number of aromatic nitrogens is 2. The molecule has 2 heterocycles. The summed E-state index contributed by atoms with van der Waals surface area (Å²) < 4.78 is 0. The fourth-order valence-electron chi connectivity index (χ4n) is 2.10. The van der Waals surface area contributed by atoms with Crippen LogP contribution in [0.15, 0.2) is 48.8 Å². The van der Waals surface area contributed by atoms with Gasteiger partial charge in [0.1, 0.15) is 0 Å². The van der Waals surface area contributed by atoms with Crippen LogP contribution in [0.1, 0.15) is 5.56 Å². The number of nitrogens with zero attached hydrogens (tertiary/aromatic N) is 2. The molecule has 3 rings (SSSR count). The molecule has 3 aromatic rings. The van der Waals surface area contributed by atoms with E-state index in [0.29, 0.717) is 5.69 Å². The van der Waals surface area contributed by atoms with Gasteiger partial charge < -0.3 is 5.73 Å². The number of pyridine rings is 2. The molecule has 0 fully saturated rings. The molecule has 88 valence electrons. The van der Waals surface area contributed by atoms with Crippen LogP contribution in [-0.4, -0.2) is 9.97 Å². The molecular weight excluding hydrogens is 222 g/mol. The first-order chi connectivity index (χ1) is 8.74. The Kier molecular flexibility index (Phi) is 2.45. The van der Waals surface area contributed by atoms with E-state index >= 15 is 0 Å². The molecule has 2 aromatic heterocycles. The minimum absolute atomic E-state index is 0.685. The summed E-state index contributed by atoms with van der Waals surface area (Å²) in [6.45, 7) is 2.01. The molecular formula is C15H13N3. The van der Waals surface area contributed by atoms with Crippen molar-refractivity contribution in [1.82, 2.24) is 9.97 Å². The molecule has 0 aliphatic heterocycles. The van der Waals surface area contributed by atoms with E-state index < -0.39 is 0 Å². The summed E-state index contributed by atoms with van der Waals surface area (Å²) in [7, 11) is 0. The first kappa shape index (κ1) is 10.7. The average Bonchev–Trinajstić information content (AvgIpc) is 2.38. The number of nitrogens with two attached hydrogens (primary N) is 1. The van der Waals surface area contributed by atoms with E-state index in [2.05, 4.69) is 22.1 Å². The Bertz CT molecular complexity index is 720. The van der Waals surface area contributed by atoms with Gasteiger partial charge in [-0.1, -0.05) is 18.2 Å². The fraction of sp³-hybridized carbons (Fsp3) is 0.0667. The van der Waals surface area contributed by atoms with Gasteiger partial charge in [-0.2, -0.15) is 0 Å². The predicted molar refractivity (Wildman–Crippen MR) is 74.1 cm³/mol. The highest BCUT2D eigenvalue weighted by molar-refractivity contribution is 5.83. The molecule has 3 heteroatoms. The lowest BCUT2D eigenvalue weighted by Crippen LogP contribution is -1.93. The number of para-hydroxylation sites is 1. The van der Waals surface area contributed by atoms with Crippen molar-refractivity contribution in [3.05, 3.63) is 54.4 Å². The molecule has 0 spiro atoms. The van der Waals surface area contributed by atoms with Crippen LogP contribution in [0.2, 0.25) is 0 Å². The topological polar surface area (TPSA) is 51.8 Å². The third-order valence-corrected chi connectivity index (χ3v) is 2.96. The van der Waals surface area contributed by atoms with Crippen LogP contribution in [-0.2, 0) is 0 Å². The lowest BCUT2D eigenvalue weighted by molar-refractivity contribution is 1.26. The van der Waals surface area contributed by atoms with Crippen LogP contribution in [0.25, 0.3) is 22.2 Å². The second-order valence-corrected chi connectivity index (χ2v) is 4.35. The molecule has 2 N–H and O–H groups in total. The van der Waals surface area contributed by atoms with Crippen LogP contribution >= 0.6 is 0 Å². The van der Waals surface area contributed by atoms with E-state index in [1.807, 2.05) is 37.4 Å². The van der Waals surface area contributed by atoms with E-state index in [-0.39, 0.29) is 0 Å². The summed E-state index contributed by atoms with van der Waals surface area (Å²) >= 11 is 0. The van der Waals surface area contributed by atoms with Crippen molar-refractivity contribution < 1.29 is 0 Å². The van der Waals surface area contributed by atoms with Crippen LogP contribution in [0.4, 0.5) is 5.69 Å². The van der Waals surface area contributed by atoms with Gasteiger partial charge in [0.2, 0.25) is 0 Å². The molecule has 0 unspecified atom stereocenters. The molecule has 0 bridgehead atoms. The van der Waals surface area contributed by atoms with E-state index in [9.17, 15) is 0 Å². The van der Waals surface area contributed by atoms with Gasteiger partial charge in [0.25, 0.3) is 0 Å². The molecule has 0 aliphatic carbocycles. The summed E-state index contributed by atoms with van der Waals surface area (Å²) in [5.41, 5.74) is 10.4. The number of nitrogen functional groups attached to an aromatic ring is 1. The number of benzene rings is 1. The molecule has 0 atom stereocenters. The highest BCUT2D eigenvalue weighted by Gasteiger charge is 2.05. The highest BCUT2D eigenvalue weighted by Crippen LogP contribution is 2.24. The van der Waals surface area contributed by atoms with Gasteiger partial charge in [0.05, 0.1) is 23.1 Å². The summed E-state index contributed by atoms with van der Waals surface area (Å²) in [5.74, 6) is 0. The Morgan fingerprint density at radius 3 is 2.67 bits per heavy atom. The number of fused-ring (bicyclic) bond motifs is 1. The van der Waals surface area contributed by atoms with Crippen LogP contribution in [0, 0.1) is 6.92 Å². The number of hydrogen-bond donors (Lipinski definition) is 1. The summed E-state index contributed by atoms with van der Waals surface area (Å²) in [6, 6.07) is 12.1. The zero-order valence-electron chi connectivity index (χ0n) is 10.1. The summed E-state index contributed by atoms with van der Waals surface area (Å²) in [5, 5.41) is 1.12. The number of aryl methyl sites for hydroxylation is 1. The van der Waals surface area contributed by atoms with Crippen molar-refractivity contribution in [2.45, 2.75) is 6.92 Å². The zero-order chi connectivity index (χ0) is 12.5. The fourth-order valence-corrected chi connectivity index (χ4v) is 2.10. The SMILES string of the molecule is Cc1cc(N)cnc1-c1cnc2ccccc2c1. The van der Waals surface area contributed by atoms with Crippen molar-refractivity contribution in [1.29, 1.82) is 0 Å². The monoisotopic (exact) mass is 235 g/mol. The van der Waals surface area contributed by atoms with E-state index in [4.69, 9.17) is 5.73 Å². The van der Waals surface area contributed by atoms with Crippen LogP contribution in [0.3, 0.4) is 0 Å². The molecule has 1 aromatic carbocycles. The van der Waals surface area contributed by atoms with Gasteiger partial charge in [-0.15, -0.1) is 0 Å². The molecule has 0 saturated carbocycles. The Hall–Kier alpha value is -2.42. The number of hydrogen-bond acceptors (Lipinski definition) is 3. The normalized spacial score (nSPS) is 10.7. The van der Waals surface area contributed by atoms with Crippen molar-refractivity contribution in [3.63, 3.8) is 0 Å². The van der Waals surface area contributed by atoms with Crippen molar-refractivity contribution in [2.24, 2.45) is 0 Å². The number of anilines is 1. The first-order valence-corrected chi connectivity index (χ1v) is 5.81. The van der Waals surface area contributed by atoms with Crippen molar-refractivity contribution >= 4 is 16.6 Å². The maximum atomic E-state index is 5.72. The zero-order valence-corrected chi connectivity index (χ0v) is 10.1. The largest absolute Gasteiger partial charge is 0.397 e. The Morgan fingerprint density at radius 1 is 1.00 bits per heavy atom. The lowest BCUT2D eigenvalue weighted by Gasteiger charge is -2.06. The molecule has 18 heavy (non-hydrogen) atoms. The van der Waals surface area contributed by atoms with Crippen LogP contribution in [0.5, 0.6) is 0 Å². The van der Waals surface area contributed by atoms with Crippen molar-refractivity contribution in [2.75, 3.05) is 5.73 Å². The van der Waals surface area contributed by atoms with E-state index in [1.165, 1.54) is 0 Å². The van der Waals surface area contributed by atoms with Crippen molar-refractivity contribution in [3.8, 4) is 11.3 Å². The highest BCUT2D eigenvalue weighted by atomic mass is 14.7. The van der Waals surface area contributed by atoms with Crippen LogP contribution < -0.4 is 5.73 Å². The van der Waals surface area contributed by atoms with Gasteiger partial charge in [0, 0.05) is 17.1 Å². The standard InChI is InChI=1S/C15H13N3/c1-10-6-13(16)9-18-15(10)12-7-11-4-2-3-5-14(11)17-8-12/h2-9H,16H2,1H3. The second-order valence-electron chi connectivity index (χ2n) is 4.35. The van der Waals surface area contributed by atoms with Gasteiger partial charge in [-0.3, -0.25) is 9.97 Å². The molecule has 3 nitrogen and oxygen atoms in total. The maximum Gasteiger partial charge on any atom is 0.0748 e. The maximum absolute atomic E-state index is 5.72. The third-order valence-electron chi connectivity index (χ3n) is 2.96. The molecule has 0 radical (unpaired) electrons. The minimum Gasteiger partial charge on any atom is -0.397 e. The Labute approximate surface area is 105 Å². The number of rotatable bonds is 1. The quantitative estimate of drug-likeness (QED) is 0.704. The molecule has 0 aliphatic rings. The van der Waals surface area contributed by atoms with Gasteiger partial charge in [-0.25, -0.2) is 0 Å². The van der Waals surface area contributed by atoms with Gasteiger partial charge in [0.15, 0.2) is 0 Å². The molecule has 0 saturated heterocycles. The average molecular weight is 235 g/mol.